The van der Waals surface area contributed by atoms with Gasteiger partial charge in [0.1, 0.15) is 18.2 Å². The van der Waals surface area contributed by atoms with Gasteiger partial charge in [-0.05, 0) is 24.6 Å². The van der Waals surface area contributed by atoms with Gasteiger partial charge in [0.25, 0.3) is 0 Å². The van der Waals surface area contributed by atoms with Crippen LogP contribution in [0.4, 0.5) is 0 Å². The van der Waals surface area contributed by atoms with Crippen molar-refractivity contribution in [2.45, 2.75) is 39.3 Å². The van der Waals surface area contributed by atoms with Gasteiger partial charge in [0, 0.05) is 34.0 Å². The summed E-state index contributed by atoms with van der Waals surface area (Å²) in [6.07, 6.45) is 2.20. The highest BCUT2D eigenvalue weighted by Gasteiger charge is 2.16. The molecule has 0 aliphatic heterocycles. The highest BCUT2D eigenvalue weighted by Crippen LogP contribution is 2.25. The molecule has 25 heavy (non-hydrogen) atoms. The van der Waals surface area contributed by atoms with E-state index in [2.05, 4.69) is 36.5 Å². The number of hydrogen-bond acceptors (Lipinski definition) is 2. The van der Waals surface area contributed by atoms with E-state index in [9.17, 15) is 4.79 Å². The molecule has 3 rings (SSSR count). The van der Waals surface area contributed by atoms with Gasteiger partial charge in [-0.25, -0.2) is 4.79 Å². The Bertz CT molecular complexity index is 918. The van der Waals surface area contributed by atoms with Crippen molar-refractivity contribution < 1.29 is 9.73 Å². The fourth-order valence-electron chi connectivity index (χ4n) is 3.22. The van der Waals surface area contributed by atoms with Gasteiger partial charge in [-0.1, -0.05) is 55.3 Å². The normalized spacial score (nSPS) is 12.4. The first kappa shape index (κ1) is 17.7. The minimum atomic E-state index is -0.315. The molecule has 2 aromatic carbocycles. The number of halogens is 1. The fourth-order valence-corrected chi connectivity index (χ4v) is 3.38. The van der Waals surface area contributed by atoms with Crippen LogP contribution in [0.5, 0.6) is 0 Å². The van der Waals surface area contributed by atoms with Crippen molar-refractivity contribution in [2.75, 3.05) is 0 Å². The second-order valence-electron chi connectivity index (χ2n) is 6.43. The number of aryl methyl sites for hydroxylation is 1. The molecule has 0 radical (unpaired) electrons. The van der Waals surface area contributed by atoms with E-state index < -0.39 is 0 Å². The summed E-state index contributed by atoms with van der Waals surface area (Å²) in [7, 11) is 0. The standard InChI is InChI=1S/C21H22ClNO2/c1-3-7-19(15-8-5-4-6-9-15)23-13-16-11-21(24)25-20-10-14(2)18(22)12-17(16)20/h4-6,8-12,19,23H,3,7,13H2,1-2H3/p+1/t19-/m1/s1. The zero-order valence-electron chi connectivity index (χ0n) is 14.6. The van der Waals surface area contributed by atoms with Crippen LogP contribution in [0, 0.1) is 6.92 Å². The van der Waals surface area contributed by atoms with Crippen LogP contribution in [0.25, 0.3) is 11.0 Å². The predicted octanol–water partition coefficient (Wildman–Crippen LogP) is 4.36. The Morgan fingerprint density at radius 3 is 2.64 bits per heavy atom. The van der Waals surface area contributed by atoms with Gasteiger partial charge in [-0.3, -0.25) is 0 Å². The molecule has 0 amide bonds. The van der Waals surface area contributed by atoms with Crippen LogP contribution < -0.4 is 10.9 Å². The quantitative estimate of drug-likeness (QED) is 0.667. The molecule has 1 aromatic heterocycles. The van der Waals surface area contributed by atoms with Crippen LogP contribution in [-0.4, -0.2) is 0 Å². The van der Waals surface area contributed by atoms with Crippen molar-refractivity contribution in [2.24, 2.45) is 0 Å². The first-order chi connectivity index (χ1) is 12.1. The van der Waals surface area contributed by atoms with Gasteiger partial charge in [-0.15, -0.1) is 0 Å². The molecule has 0 saturated heterocycles. The lowest BCUT2D eigenvalue weighted by molar-refractivity contribution is -0.711. The first-order valence-electron chi connectivity index (χ1n) is 8.69. The molecular formula is C21H23ClNO2+. The van der Waals surface area contributed by atoms with E-state index in [4.69, 9.17) is 16.0 Å². The third kappa shape index (κ3) is 4.12. The number of rotatable bonds is 6. The van der Waals surface area contributed by atoms with Crippen molar-refractivity contribution in [3.63, 3.8) is 0 Å². The highest BCUT2D eigenvalue weighted by atomic mass is 35.5. The monoisotopic (exact) mass is 356 g/mol. The van der Waals surface area contributed by atoms with Crippen LogP contribution in [0.2, 0.25) is 5.02 Å². The Kier molecular flexibility index (Phi) is 5.57. The van der Waals surface area contributed by atoms with Crippen LogP contribution in [0.3, 0.4) is 0 Å². The summed E-state index contributed by atoms with van der Waals surface area (Å²) in [5.41, 5.74) is 3.47. The van der Waals surface area contributed by atoms with E-state index in [0.29, 0.717) is 23.2 Å². The summed E-state index contributed by atoms with van der Waals surface area (Å²) in [5, 5.41) is 3.89. The number of benzene rings is 2. The lowest BCUT2D eigenvalue weighted by atomic mass is 10.0. The van der Waals surface area contributed by atoms with Crippen LogP contribution in [-0.2, 0) is 6.54 Å². The van der Waals surface area contributed by atoms with Crippen molar-refractivity contribution in [3.8, 4) is 0 Å². The molecule has 2 N–H and O–H groups in total. The summed E-state index contributed by atoms with van der Waals surface area (Å²) in [6.45, 7) is 4.81. The summed E-state index contributed by atoms with van der Waals surface area (Å²) in [4.78, 5) is 11.9. The summed E-state index contributed by atoms with van der Waals surface area (Å²) in [6, 6.07) is 16.2. The molecule has 4 heteroatoms. The topological polar surface area (TPSA) is 46.8 Å². The molecule has 0 aliphatic carbocycles. The summed E-state index contributed by atoms with van der Waals surface area (Å²) >= 11 is 6.28. The van der Waals surface area contributed by atoms with Gasteiger partial charge < -0.3 is 9.73 Å². The Balaban J connectivity index is 1.91. The summed E-state index contributed by atoms with van der Waals surface area (Å²) < 4.78 is 5.35. The van der Waals surface area contributed by atoms with Crippen LogP contribution in [0.15, 0.2) is 57.7 Å². The van der Waals surface area contributed by atoms with Crippen LogP contribution >= 0.6 is 11.6 Å². The number of nitrogens with two attached hydrogens (primary N) is 1. The van der Waals surface area contributed by atoms with E-state index in [-0.39, 0.29) is 5.63 Å². The van der Waals surface area contributed by atoms with Gasteiger partial charge in [-0.2, -0.15) is 0 Å². The van der Waals surface area contributed by atoms with E-state index in [1.807, 2.05) is 25.1 Å². The molecule has 0 unspecified atom stereocenters. The molecule has 0 saturated carbocycles. The Labute approximate surface area is 152 Å². The predicted molar refractivity (Wildman–Crippen MR) is 102 cm³/mol. The zero-order chi connectivity index (χ0) is 17.8. The first-order valence-corrected chi connectivity index (χ1v) is 9.07. The Morgan fingerprint density at radius 2 is 1.92 bits per heavy atom. The van der Waals surface area contributed by atoms with Crippen molar-refractivity contribution >= 4 is 22.6 Å². The van der Waals surface area contributed by atoms with Crippen molar-refractivity contribution in [3.05, 3.63) is 80.7 Å². The Hall–Kier alpha value is -2.10. The molecule has 1 atom stereocenters. The van der Waals surface area contributed by atoms with E-state index in [1.165, 1.54) is 5.56 Å². The average molecular weight is 357 g/mol. The second kappa shape index (κ2) is 7.85. The van der Waals surface area contributed by atoms with Crippen molar-refractivity contribution in [1.82, 2.24) is 0 Å². The average Bonchev–Trinajstić information content (AvgIpc) is 2.60. The van der Waals surface area contributed by atoms with Gasteiger partial charge in [0.2, 0.25) is 0 Å². The number of hydrogen-bond donors (Lipinski definition) is 1. The molecule has 3 nitrogen and oxygen atoms in total. The maximum absolute atomic E-state index is 11.9. The molecular weight excluding hydrogens is 334 g/mol. The molecule has 0 fully saturated rings. The second-order valence-corrected chi connectivity index (χ2v) is 6.84. The number of quaternary nitrogens is 1. The minimum Gasteiger partial charge on any atom is -0.423 e. The van der Waals surface area contributed by atoms with Crippen LogP contribution in [0.1, 0.15) is 42.5 Å². The zero-order valence-corrected chi connectivity index (χ0v) is 15.3. The Morgan fingerprint density at radius 1 is 1.16 bits per heavy atom. The summed E-state index contributed by atoms with van der Waals surface area (Å²) in [5.74, 6) is 0. The van der Waals surface area contributed by atoms with Gasteiger partial charge in [0.05, 0.1) is 0 Å². The lowest BCUT2D eigenvalue weighted by Crippen LogP contribution is -2.83. The third-order valence-corrected chi connectivity index (χ3v) is 4.97. The SMILES string of the molecule is CCC[C@@H]([NH2+]Cc1cc(=O)oc2cc(C)c(Cl)cc12)c1ccccc1. The maximum Gasteiger partial charge on any atom is 0.336 e. The largest absolute Gasteiger partial charge is 0.423 e. The molecule has 0 spiro atoms. The van der Waals surface area contributed by atoms with E-state index in [1.54, 1.807) is 6.07 Å². The van der Waals surface area contributed by atoms with Crippen molar-refractivity contribution in [1.29, 1.82) is 0 Å². The smallest absolute Gasteiger partial charge is 0.336 e. The van der Waals surface area contributed by atoms with Gasteiger partial charge >= 0.3 is 5.63 Å². The molecule has 0 aliphatic rings. The van der Waals surface area contributed by atoms with Gasteiger partial charge in [0.15, 0.2) is 0 Å². The number of fused-ring (bicyclic) bond motifs is 1. The molecule has 3 aromatic rings. The van der Waals surface area contributed by atoms with E-state index in [0.717, 1.165) is 29.4 Å². The molecule has 130 valence electrons. The van der Waals surface area contributed by atoms with E-state index >= 15 is 0 Å². The molecule has 1 heterocycles. The maximum atomic E-state index is 11.9. The fraction of sp³-hybridized carbons (Fsp3) is 0.286. The lowest BCUT2D eigenvalue weighted by Gasteiger charge is -2.16. The highest BCUT2D eigenvalue weighted by molar-refractivity contribution is 6.32. The third-order valence-electron chi connectivity index (χ3n) is 4.56. The molecule has 0 bridgehead atoms. The minimum absolute atomic E-state index is 0.315.